The second-order valence-corrected chi connectivity index (χ2v) is 5.18. The first kappa shape index (κ1) is 14.0. The summed E-state index contributed by atoms with van der Waals surface area (Å²) in [7, 11) is 0. The van der Waals surface area contributed by atoms with Gasteiger partial charge in [-0.2, -0.15) is 4.98 Å². The molecule has 0 aliphatic carbocycles. The number of nitrogens with one attached hydrogen (secondary N) is 1. The SMILES string of the molecule is C=C(C)Cn1c(=O)ccc2cnc(Nc3ccccc3)nc21. The number of pyridine rings is 1. The number of hydrogen-bond donors (Lipinski definition) is 1. The van der Waals surface area contributed by atoms with E-state index in [-0.39, 0.29) is 5.56 Å². The van der Waals surface area contributed by atoms with Crippen LogP contribution in [0.5, 0.6) is 0 Å². The highest BCUT2D eigenvalue weighted by Gasteiger charge is 2.07. The van der Waals surface area contributed by atoms with Crippen molar-refractivity contribution in [2.75, 3.05) is 5.32 Å². The second-order valence-electron chi connectivity index (χ2n) is 5.18. The molecule has 1 aromatic carbocycles. The molecule has 0 aliphatic rings. The van der Waals surface area contributed by atoms with E-state index in [0.29, 0.717) is 18.1 Å². The molecule has 22 heavy (non-hydrogen) atoms. The third-order valence-electron chi connectivity index (χ3n) is 3.18. The summed E-state index contributed by atoms with van der Waals surface area (Å²) in [6.45, 7) is 6.20. The van der Waals surface area contributed by atoms with Crippen molar-refractivity contribution in [1.82, 2.24) is 14.5 Å². The number of aromatic nitrogens is 3. The molecule has 0 saturated carbocycles. The van der Waals surface area contributed by atoms with E-state index in [0.717, 1.165) is 16.6 Å². The van der Waals surface area contributed by atoms with Crippen LogP contribution in [0.15, 0.2) is 65.6 Å². The van der Waals surface area contributed by atoms with Crippen LogP contribution in [0.1, 0.15) is 6.92 Å². The maximum absolute atomic E-state index is 12.1. The lowest BCUT2D eigenvalue weighted by atomic mass is 10.3. The van der Waals surface area contributed by atoms with Crippen molar-refractivity contribution >= 4 is 22.7 Å². The molecule has 3 rings (SSSR count). The van der Waals surface area contributed by atoms with Gasteiger partial charge in [-0.25, -0.2) is 4.98 Å². The van der Waals surface area contributed by atoms with E-state index in [1.807, 2.05) is 37.3 Å². The van der Waals surface area contributed by atoms with Crippen LogP contribution >= 0.6 is 0 Å². The number of anilines is 2. The molecule has 0 saturated heterocycles. The van der Waals surface area contributed by atoms with Crippen molar-refractivity contribution < 1.29 is 0 Å². The van der Waals surface area contributed by atoms with Gasteiger partial charge in [-0.05, 0) is 25.1 Å². The van der Waals surface area contributed by atoms with Crippen LogP contribution in [-0.2, 0) is 6.54 Å². The Hall–Kier alpha value is -2.95. The maximum Gasteiger partial charge on any atom is 0.252 e. The Labute approximate surface area is 128 Å². The highest BCUT2D eigenvalue weighted by Crippen LogP contribution is 2.15. The Bertz CT molecular complexity index is 884. The fraction of sp³-hybridized carbons (Fsp3) is 0.118. The van der Waals surface area contributed by atoms with Gasteiger partial charge in [-0.1, -0.05) is 30.4 Å². The molecule has 1 N–H and O–H groups in total. The average molecular weight is 292 g/mol. The zero-order chi connectivity index (χ0) is 15.5. The lowest BCUT2D eigenvalue weighted by molar-refractivity contribution is 0.771. The van der Waals surface area contributed by atoms with Crippen molar-refractivity contribution in [1.29, 1.82) is 0 Å². The normalized spacial score (nSPS) is 10.6. The van der Waals surface area contributed by atoms with E-state index in [1.165, 1.54) is 6.07 Å². The predicted molar refractivity (Wildman–Crippen MR) is 88.3 cm³/mol. The fourth-order valence-corrected chi connectivity index (χ4v) is 2.20. The van der Waals surface area contributed by atoms with Crippen molar-refractivity contribution in [3.8, 4) is 0 Å². The second kappa shape index (κ2) is 5.81. The number of fused-ring (bicyclic) bond motifs is 1. The molecule has 0 atom stereocenters. The molecule has 5 nitrogen and oxygen atoms in total. The van der Waals surface area contributed by atoms with Crippen molar-refractivity contribution in [2.24, 2.45) is 0 Å². The molecule has 2 aromatic heterocycles. The summed E-state index contributed by atoms with van der Waals surface area (Å²) in [5, 5.41) is 3.95. The first-order valence-electron chi connectivity index (χ1n) is 6.96. The van der Waals surface area contributed by atoms with Crippen LogP contribution in [0.4, 0.5) is 11.6 Å². The summed E-state index contributed by atoms with van der Waals surface area (Å²) in [5.74, 6) is 0.458. The van der Waals surface area contributed by atoms with Gasteiger partial charge in [0.2, 0.25) is 5.95 Å². The minimum Gasteiger partial charge on any atom is -0.324 e. The zero-order valence-corrected chi connectivity index (χ0v) is 12.3. The number of allylic oxidation sites excluding steroid dienone is 1. The summed E-state index contributed by atoms with van der Waals surface area (Å²) < 4.78 is 1.61. The molecule has 5 heteroatoms. The van der Waals surface area contributed by atoms with Gasteiger partial charge in [-0.15, -0.1) is 0 Å². The Balaban J connectivity index is 2.07. The lowest BCUT2D eigenvalue weighted by Crippen LogP contribution is -2.21. The van der Waals surface area contributed by atoms with Crippen molar-refractivity contribution in [2.45, 2.75) is 13.5 Å². The zero-order valence-electron chi connectivity index (χ0n) is 12.3. The smallest absolute Gasteiger partial charge is 0.252 e. The largest absolute Gasteiger partial charge is 0.324 e. The number of benzene rings is 1. The first-order valence-corrected chi connectivity index (χ1v) is 6.96. The summed E-state index contributed by atoms with van der Waals surface area (Å²) in [6, 6.07) is 12.9. The highest BCUT2D eigenvalue weighted by molar-refractivity contribution is 5.75. The van der Waals surface area contributed by atoms with Gasteiger partial charge in [0.05, 0.1) is 0 Å². The molecule has 0 bridgehead atoms. The minimum absolute atomic E-state index is 0.0974. The minimum atomic E-state index is -0.0974. The lowest BCUT2D eigenvalue weighted by Gasteiger charge is -2.10. The molecule has 110 valence electrons. The molecule has 0 spiro atoms. The third kappa shape index (κ3) is 2.88. The molecule has 0 aliphatic heterocycles. The van der Waals surface area contributed by atoms with Gasteiger partial charge in [0, 0.05) is 29.9 Å². The highest BCUT2D eigenvalue weighted by atomic mass is 16.1. The molecule has 2 heterocycles. The van der Waals surface area contributed by atoms with E-state index in [2.05, 4.69) is 21.9 Å². The van der Waals surface area contributed by atoms with Crippen LogP contribution in [0.25, 0.3) is 11.0 Å². The Morgan fingerprint density at radius 2 is 2.00 bits per heavy atom. The van der Waals surface area contributed by atoms with Gasteiger partial charge < -0.3 is 5.32 Å². The van der Waals surface area contributed by atoms with Crippen molar-refractivity contribution in [3.05, 3.63) is 71.2 Å². The summed E-state index contributed by atoms with van der Waals surface area (Å²) in [6.07, 6.45) is 1.71. The van der Waals surface area contributed by atoms with Gasteiger partial charge in [-0.3, -0.25) is 9.36 Å². The van der Waals surface area contributed by atoms with Crippen LogP contribution < -0.4 is 10.9 Å². The van der Waals surface area contributed by atoms with Crippen LogP contribution in [0, 0.1) is 0 Å². The van der Waals surface area contributed by atoms with E-state index in [4.69, 9.17) is 0 Å². The Kier molecular flexibility index (Phi) is 3.70. The molecule has 3 aromatic rings. The summed E-state index contributed by atoms with van der Waals surface area (Å²) in [5.41, 5.74) is 2.29. The number of hydrogen-bond acceptors (Lipinski definition) is 4. The Morgan fingerprint density at radius 3 is 2.73 bits per heavy atom. The van der Waals surface area contributed by atoms with Gasteiger partial charge in [0.25, 0.3) is 5.56 Å². The van der Waals surface area contributed by atoms with Crippen LogP contribution in [-0.4, -0.2) is 14.5 Å². The average Bonchev–Trinajstić information content (AvgIpc) is 2.51. The van der Waals surface area contributed by atoms with E-state index in [1.54, 1.807) is 16.8 Å². The fourth-order valence-electron chi connectivity index (χ4n) is 2.20. The molecular weight excluding hydrogens is 276 g/mol. The quantitative estimate of drug-likeness (QED) is 0.751. The topological polar surface area (TPSA) is 59.8 Å². The van der Waals surface area contributed by atoms with E-state index in [9.17, 15) is 4.79 Å². The van der Waals surface area contributed by atoms with E-state index >= 15 is 0 Å². The summed E-state index contributed by atoms with van der Waals surface area (Å²) in [4.78, 5) is 20.9. The molecule has 0 amide bonds. The van der Waals surface area contributed by atoms with Crippen molar-refractivity contribution in [3.63, 3.8) is 0 Å². The van der Waals surface area contributed by atoms with E-state index < -0.39 is 0 Å². The van der Waals surface area contributed by atoms with Crippen LogP contribution in [0.2, 0.25) is 0 Å². The number of nitrogens with zero attached hydrogens (tertiary/aromatic N) is 3. The number of rotatable bonds is 4. The summed E-state index contributed by atoms with van der Waals surface area (Å²) >= 11 is 0. The standard InChI is InChI=1S/C17H16N4O/c1-12(2)11-21-15(22)9-8-13-10-18-17(20-16(13)21)19-14-6-4-3-5-7-14/h3-10H,1,11H2,2H3,(H,18,19,20). The number of para-hydroxylation sites is 1. The Morgan fingerprint density at radius 1 is 1.23 bits per heavy atom. The van der Waals surface area contributed by atoms with Crippen LogP contribution in [0.3, 0.4) is 0 Å². The van der Waals surface area contributed by atoms with Gasteiger partial charge >= 0.3 is 0 Å². The van der Waals surface area contributed by atoms with Gasteiger partial charge in [0.15, 0.2) is 0 Å². The first-order chi connectivity index (χ1) is 10.6. The molecular formula is C17H16N4O. The van der Waals surface area contributed by atoms with Gasteiger partial charge in [0.1, 0.15) is 5.65 Å². The molecule has 0 radical (unpaired) electrons. The predicted octanol–water partition coefficient (Wildman–Crippen LogP) is 3.11. The molecule has 0 fully saturated rings. The third-order valence-corrected chi connectivity index (χ3v) is 3.18. The maximum atomic E-state index is 12.1. The molecule has 0 unspecified atom stereocenters. The monoisotopic (exact) mass is 292 g/mol.